The molecule has 2 aromatic rings. The number of hydrogen-bond donors (Lipinski definition) is 0. The standard InChI is InChI=1S/C16H20N4O2/c1-19(2)12-8-6-11(7-9-12)14-17-15-13(16(21)22-3)5-4-10-20(15)18-14/h6-9,13H,4-5,10H2,1-3H3. The number of aryl methyl sites for hydroxylation is 1. The summed E-state index contributed by atoms with van der Waals surface area (Å²) < 4.78 is 6.71. The Labute approximate surface area is 129 Å². The fourth-order valence-electron chi connectivity index (χ4n) is 2.75. The van der Waals surface area contributed by atoms with Gasteiger partial charge in [-0.15, -0.1) is 0 Å². The van der Waals surface area contributed by atoms with E-state index < -0.39 is 0 Å². The van der Waals surface area contributed by atoms with Crippen LogP contribution in [-0.4, -0.2) is 41.9 Å². The van der Waals surface area contributed by atoms with Crippen molar-refractivity contribution in [2.45, 2.75) is 25.3 Å². The van der Waals surface area contributed by atoms with Gasteiger partial charge in [-0.25, -0.2) is 9.67 Å². The number of carbonyl (C=O) groups excluding carboxylic acids is 1. The smallest absolute Gasteiger partial charge is 0.316 e. The number of esters is 1. The number of fused-ring (bicyclic) bond motifs is 1. The molecule has 1 aliphatic rings. The zero-order valence-corrected chi connectivity index (χ0v) is 13.1. The van der Waals surface area contributed by atoms with Crippen LogP contribution < -0.4 is 4.90 Å². The van der Waals surface area contributed by atoms with Crippen molar-refractivity contribution in [3.05, 3.63) is 30.1 Å². The maximum absolute atomic E-state index is 11.9. The summed E-state index contributed by atoms with van der Waals surface area (Å²) in [6.07, 6.45) is 1.68. The van der Waals surface area contributed by atoms with Gasteiger partial charge < -0.3 is 9.64 Å². The van der Waals surface area contributed by atoms with Crippen LogP contribution in [0, 0.1) is 0 Å². The average molecular weight is 300 g/mol. The molecule has 22 heavy (non-hydrogen) atoms. The van der Waals surface area contributed by atoms with Crippen molar-refractivity contribution < 1.29 is 9.53 Å². The normalized spacial score (nSPS) is 17.0. The van der Waals surface area contributed by atoms with Crippen LogP contribution in [-0.2, 0) is 16.1 Å². The van der Waals surface area contributed by atoms with Gasteiger partial charge in [0.15, 0.2) is 5.82 Å². The van der Waals surface area contributed by atoms with E-state index in [9.17, 15) is 4.79 Å². The van der Waals surface area contributed by atoms with Crippen LogP contribution in [0.4, 0.5) is 5.69 Å². The molecule has 0 amide bonds. The van der Waals surface area contributed by atoms with Crippen LogP contribution in [0.3, 0.4) is 0 Å². The van der Waals surface area contributed by atoms with Gasteiger partial charge in [-0.2, -0.15) is 5.10 Å². The lowest BCUT2D eigenvalue weighted by atomic mass is 9.99. The molecule has 0 radical (unpaired) electrons. The lowest BCUT2D eigenvalue weighted by Gasteiger charge is -2.19. The maximum atomic E-state index is 11.9. The molecular weight excluding hydrogens is 280 g/mol. The first-order valence-corrected chi connectivity index (χ1v) is 7.40. The van der Waals surface area contributed by atoms with Crippen LogP contribution in [0.15, 0.2) is 24.3 Å². The predicted molar refractivity (Wildman–Crippen MR) is 83.8 cm³/mol. The van der Waals surface area contributed by atoms with Gasteiger partial charge in [-0.1, -0.05) is 0 Å². The van der Waals surface area contributed by atoms with Gasteiger partial charge in [0.1, 0.15) is 11.7 Å². The van der Waals surface area contributed by atoms with E-state index in [1.54, 1.807) is 0 Å². The minimum Gasteiger partial charge on any atom is -0.468 e. The van der Waals surface area contributed by atoms with Gasteiger partial charge in [-0.05, 0) is 37.1 Å². The van der Waals surface area contributed by atoms with Crippen molar-refractivity contribution >= 4 is 11.7 Å². The molecule has 6 heteroatoms. The molecule has 0 N–H and O–H groups in total. The Kier molecular flexibility index (Phi) is 3.83. The van der Waals surface area contributed by atoms with E-state index in [4.69, 9.17) is 4.74 Å². The zero-order chi connectivity index (χ0) is 15.7. The first-order chi connectivity index (χ1) is 10.6. The van der Waals surface area contributed by atoms with E-state index in [-0.39, 0.29) is 11.9 Å². The summed E-state index contributed by atoms with van der Waals surface area (Å²) in [6.45, 7) is 0.797. The highest BCUT2D eigenvalue weighted by Gasteiger charge is 2.31. The lowest BCUT2D eigenvalue weighted by Crippen LogP contribution is -2.24. The van der Waals surface area contributed by atoms with Crippen LogP contribution in [0.5, 0.6) is 0 Å². The Balaban J connectivity index is 1.93. The third kappa shape index (κ3) is 2.56. The average Bonchev–Trinajstić information content (AvgIpc) is 2.98. The van der Waals surface area contributed by atoms with Crippen LogP contribution >= 0.6 is 0 Å². The number of carbonyl (C=O) groups is 1. The Morgan fingerprint density at radius 1 is 1.32 bits per heavy atom. The minimum atomic E-state index is -0.305. The molecule has 1 aromatic heterocycles. The molecule has 0 saturated carbocycles. The molecule has 6 nitrogen and oxygen atoms in total. The van der Waals surface area contributed by atoms with E-state index in [2.05, 4.69) is 10.1 Å². The van der Waals surface area contributed by atoms with Gasteiger partial charge in [0.25, 0.3) is 0 Å². The van der Waals surface area contributed by atoms with E-state index in [1.165, 1.54) is 7.11 Å². The van der Waals surface area contributed by atoms with Crippen molar-refractivity contribution in [2.75, 3.05) is 26.1 Å². The van der Waals surface area contributed by atoms with E-state index in [1.807, 2.05) is 47.9 Å². The Bertz CT molecular complexity index is 676. The fourth-order valence-corrected chi connectivity index (χ4v) is 2.75. The highest BCUT2D eigenvalue weighted by Crippen LogP contribution is 2.29. The van der Waals surface area contributed by atoms with Crippen molar-refractivity contribution in [1.82, 2.24) is 14.8 Å². The molecule has 0 bridgehead atoms. The topological polar surface area (TPSA) is 60.3 Å². The quantitative estimate of drug-likeness (QED) is 0.812. The molecule has 0 fully saturated rings. The molecule has 1 unspecified atom stereocenters. The molecule has 116 valence electrons. The Morgan fingerprint density at radius 2 is 2.05 bits per heavy atom. The minimum absolute atomic E-state index is 0.233. The molecule has 3 rings (SSSR count). The number of benzene rings is 1. The van der Waals surface area contributed by atoms with Crippen LogP contribution in [0.2, 0.25) is 0 Å². The number of aromatic nitrogens is 3. The third-order valence-electron chi connectivity index (χ3n) is 4.00. The summed E-state index contributed by atoms with van der Waals surface area (Å²) in [5.41, 5.74) is 2.08. The molecule has 1 aliphatic heterocycles. The number of hydrogen-bond acceptors (Lipinski definition) is 5. The lowest BCUT2D eigenvalue weighted by molar-refractivity contribution is -0.143. The molecule has 1 aromatic carbocycles. The Hall–Kier alpha value is -2.37. The van der Waals surface area contributed by atoms with Crippen LogP contribution in [0.1, 0.15) is 24.6 Å². The van der Waals surface area contributed by atoms with Crippen molar-refractivity contribution in [2.24, 2.45) is 0 Å². The van der Waals surface area contributed by atoms with E-state index in [0.29, 0.717) is 11.6 Å². The number of methoxy groups -OCH3 is 1. The molecule has 0 spiro atoms. The van der Waals surface area contributed by atoms with Gasteiger partial charge in [0, 0.05) is 31.9 Å². The van der Waals surface area contributed by atoms with Crippen molar-refractivity contribution in [3.8, 4) is 11.4 Å². The summed E-state index contributed by atoms with van der Waals surface area (Å²) in [7, 11) is 5.42. The Morgan fingerprint density at radius 3 is 2.68 bits per heavy atom. The molecule has 2 heterocycles. The first kappa shape index (κ1) is 14.6. The number of rotatable bonds is 3. The predicted octanol–water partition coefficient (Wildman–Crippen LogP) is 2.06. The van der Waals surface area contributed by atoms with Gasteiger partial charge in [0.05, 0.1) is 7.11 Å². The second-order valence-electron chi connectivity index (χ2n) is 5.68. The van der Waals surface area contributed by atoms with Crippen molar-refractivity contribution in [1.29, 1.82) is 0 Å². The van der Waals surface area contributed by atoms with Gasteiger partial charge >= 0.3 is 5.97 Å². The second kappa shape index (κ2) is 5.79. The van der Waals surface area contributed by atoms with Crippen molar-refractivity contribution in [3.63, 3.8) is 0 Å². The molecule has 0 saturated heterocycles. The summed E-state index contributed by atoms with van der Waals surface area (Å²) in [4.78, 5) is 18.5. The second-order valence-corrected chi connectivity index (χ2v) is 5.68. The molecule has 0 aliphatic carbocycles. The zero-order valence-electron chi connectivity index (χ0n) is 13.1. The molecular formula is C16H20N4O2. The summed E-state index contributed by atoms with van der Waals surface area (Å²) >= 11 is 0. The largest absolute Gasteiger partial charge is 0.468 e. The number of ether oxygens (including phenoxy) is 1. The monoisotopic (exact) mass is 300 g/mol. The number of anilines is 1. The summed E-state index contributed by atoms with van der Waals surface area (Å²) in [6, 6.07) is 8.08. The van der Waals surface area contributed by atoms with Crippen LogP contribution in [0.25, 0.3) is 11.4 Å². The summed E-state index contributed by atoms with van der Waals surface area (Å²) in [5, 5.41) is 4.55. The van der Waals surface area contributed by atoms with Gasteiger partial charge in [0.2, 0.25) is 0 Å². The number of nitrogens with zero attached hydrogens (tertiary/aromatic N) is 4. The summed E-state index contributed by atoms with van der Waals surface area (Å²) in [5.74, 6) is 0.838. The third-order valence-corrected chi connectivity index (χ3v) is 4.00. The SMILES string of the molecule is COC(=O)C1CCCn2nc(-c3ccc(N(C)C)cc3)nc21. The molecule has 1 atom stereocenters. The van der Waals surface area contributed by atoms with E-state index in [0.717, 1.165) is 30.6 Å². The van der Waals surface area contributed by atoms with E-state index >= 15 is 0 Å². The highest BCUT2D eigenvalue weighted by atomic mass is 16.5. The highest BCUT2D eigenvalue weighted by molar-refractivity contribution is 5.77. The van der Waals surface area contributed by atoms with Gasteiger partial charge in [-0.3, -0.25) is 4.79 Å². The fraction of sp³-hybridized carbons (Fsp3) is 0.438. The maximum Gasteiger partial charge on any atom is 0.316 e. The first-order valence-electron chi connectivity index (χ1n) is 7.40.